The molecule has 5 aliphatic rings. The second-order valence-corrected chi connectivity index (χ2v) is 7.11. The first-order valence-corrected chi connectivity index (χ1v) is 7.19. The fraction of sp³-hybridized carbons (Fsp3) is 0.929. The fourth-order valence-corrected chi connectivity index (χ4v) is 5.76. The van der Waals surface area contributed by atoms with Gasteiger partial charge in [-0.2, -0.15) is 0 Å². The van der Waals surface area contributed by atoms with Crippen LogP contribution in [0.3, 0.4) is 0 Å². The lowest BCUT2D eigenvalue weighted by Crippen LogP contribution is -2.57. The SMILES string of the molecule is Br.CN1C(N)=NCC1C12CC3CC(CC(C3)C1)C2. The van der Waals surface area contributed by atoms with Gasteiger partial charge in [-0.05, 0) is 61.7 Å². The second kappa shape index (κ2) is 4.12. The van der Waals surface area contributed by atoms with E-state index in [4.69, 9.17) is 5.73 Å². The van der Waals surface area contributed by atoms with Gasteiger partial charge in [0.25, 0.3) is 0 Å². The van der Waals surface area contributed by atoms with Gasteiger partial charge in [-0.25, -0.2) is 0 Å². The molecule has 3 nitrogen and oxygen atoms in total. The quantitative estimate of drug-likeness (QED) is 0.807. The van der Waals surface area contributed by atoms with Crippen LogP contribution in [0.15, 0.2) is 4.99 Å². The lowest BCUT2D eigenvalue weighted by Gasteiger charge is -2.59. The Labute approximate surface area is 120 Å². The average molecular weight is 314 g/mol. The van der Waals surface area contributed by atoms with Gasteiger partial charge < -0.3 is 10.6 Å². The van der Waals surface area contributed by atoms with E-state index in [0.717, 1.165) is 30.3 Å². The molecule has 102 valence electrons. The van der Waals surface area contributed by atoms with Crippen molar-refractivity contribution in [1.82, 2.24) is 4.90 Å². The van der Waals surface area contributed by atoms with Crippen molar-refractivity contribution < 1.29 is 0 Å². The molecule has 1 unspecified atom stereocenters. The molecule has 0 aromatic heterocycles. The van der Waals surface area contributed by atoms with Crippen LogP contribution in [-0.4, -0.2) is 30.5 Å². The maximum atomic E-state index is 5.96. The maximum Gasteiger partial charge on any atom is 0.191 e. The fourth-order valence-electron chi connectivity index (χ4n) is 5.76. The highest BCUT2D eigenvalue weighted by molar-refractivity contribution is 8.93. The van der Waals surface area contributed by atoms with Gasteiger partial charge >= 0.3 is 0 Å². The van der Waals surface area contributed by atoms with Crippen LogP contribution in [0.4, 0.5) is 0 Å². The number of aliphatic imine (C=N–C) groups is 1. The molecule has 1 atom stereocenters. The van der Waals surface area contributed by atoms with Gasteiger partial charge in [-0.3, -0.25) is 4.99 Å². The van der Waals surface area contributed by atoms with E-state index in [1.165, 1.54) is 38.5 Å². The molecule has 1 aliphatic heterocycles. The van der Waals surface area contributed by atoms with Gasteiger partial charge in [0.15, 0.2) is 5.96 Å². The number of likely N-dealkylation sites (N-methyl/N-ethyl adjacent to an activating group) is 1. The highest BCUT2D eigenvalue weighted by atomic mass is 79.9. The van der Waals surface area contributed by atoms with Crippen molar-refractivity contribution in [1.29, 1.82) is 0 Å². The number of halogens is 1. The van der Waals surface area contributed by atoms with Gasteiger partial charge in [-0.15, -0.1) is 17.0 Å². The van der Waals surface area contributed by atoms with E-state index >= 15 is 0 Å². The summed E-state index contributed by atoms with van der Waals surface area (Å²) in [5.74, 6) is 3.84. The van der Waals surface area contributed by atoms with Gasteiger partial charge in [-0.1, -0.05) is 0 Å². The van der Waals surface area contributed by atoms with E-state index < -0.39 is 0 Å². The third kappa shape index (κ3) is 1.64. The summed E-state index contributed by atoms with van der Waals surface area (Å²) >= 11 is 0. The number of guanidine groups is 1. The smallest absolute Gasteiger partial charge is 0.191 e. The molecule has 2 N–H and O–H groups in total. The summed E-state index contributed by atoms with van der Waals surface area (Å²) in [6.45, 7) is 0.953. The number of nitrogens with two attached hydrogens (primary N) is 1. The van der Waals surface area contributed by atoms with E-state index in [2.05, 4.69) is 16.9 Å². The molecule has 4 aliphatic carbocycles. The minimum absolute atomic E-state index is 0. The van der Waals surface area contributed by atoms with E-state index in [1.54, 1.807) is 0 Å². The summed E-state index contributed by atoms with van der Waals surface area (Å²) in [6, 6.07) is 0.607. The summed E-state index contributed by atoms with van der Waals surface area (Å²) in [5, 5.41) is 0. The van der Waals surface area contributed by atoms with Gasteiger partial charge in [0.2, 0.25) is 0 Å². The Hall–Kier alpha value is -0.250. The summed E-state index contributed by atoms with van der Waals surface area (Å²) in [6.07, 6.45) is 8.93. The summed E-state index contributed by atoms with van der Waals surface area (Å²) in [7, 11) is 2.15. The van der Waals surface area contributed by atoms with Gasteiger partial charge in [0.1, 0.15) is 0 Å². The van der Waals surface area contributed by atoms with Crippen LogP contribution in [0, 0.1) is 23.2 Å². The molecule has 0 spiro atoms. The van der Waals surface area contributed by atoms with Gasteiger partial charge in [0.05, 0.1) is 12.6 Å². The molecule has 1 heterocycles. The molecule has 18 heavy (non-hydrogen) atoms. The molecule has 0 saturated heterocycles. The Balaban J connectivity index is 0.000001000. The molecule has 0 aromatic rings. The highest BCUT2D eigenvalue weighted by Gasteiger charge is 2.55. The Morgan fingerprint density at radius 3 is 2.00 bits per heavy atom. The largest absolute Gasteiger partial charge is 0.370 e. The topological polar surface area (TPSA) is 41.6 Å². The average Bonchev–Trinajstić information content (AvgIpc) is 2.58. The Morgan fingerprint density at radius 1 is 1.11 bits per heavy atom. The summed E-state index contributed by atoms with van der Waals surface area (Å²) in [5.41, 5.74) is 6.53. The van der Waals surface area contributed by atoms with Crippen molar-refractivity contribution in [2.45, 2.75) is 44.6 Å². The van der Waals surface area contributed by atoms with Crippen molar-refractivity contribution in [2.75, 3.05) is 13.6 Å². The number of rotatable bonds is 1. The van der Waals surface area contributed by atoms with Crippen molar-refractivity contribution in [3.63, 3.8) is 0 Å². The number of nitrogens with zero attached hydrogens (tertiary/aromatic N) is 2. The minimum atomic E-state index is 0. The lowest BCUT2D eigenvalue weighted by atomic mass is 9.47. The molecule has 4 fully saturated rings. The van der Waals surface area contributed by atoms with E-state index in [-0.39, 0.29) is 17.0 Å². The molecule has 4 saturated carbocycles. The molecule has 0 amide bonds. The van der Waals surface area contributed by atoms with E-state index in [0.29, 0.717) is 11.5 Å². The van der Waals surface area contributed by atoms with Crippen molar-refractivity contribution >= 4 is 22.9 Å². The first kappa shape index (κ1) is 12.8. The molecule has 0 aromatic carbocycles. The summed E-state index contributed by atoms with van der Waals surface area (Å²) < 4.78 is 0. The predicted molar refractivity (Wildman–Crippen MR) is 79.0 cm³/mol. The number of hydrogen-bond acceptors (Lipinski definition) is 3. The van der Waals surface area contributed by atoms with Crippen molar-refractivity contribution in [2.24, 2.45) is 33.9 Å². The van der Waals surface area contributed by atoms with Crippen LogP contribution < -0.4 is 5.73 Å². The summed E-state index contributed by atoms with van der Waals surface area (Å²) in [4.78, 5) is 6.75. The minimum Gasteiger partial charge on any atom is -0.370 e. The maximum absolute atomic E-state index is 5.96. The van der Waals surface area contributed by atoms with Crippen LogP contribution in [-0.2, 0) is 0 Å². The molecular formula is C14H24BrN3. The molecule has 4 heteroatoms. The first-order valence-electron chi connectivity index (χ1n) is 7.19. The lowest BCUT2D eigenvalue weighted by molar-refractivity contribution is -0.0822. The van der Waals surface area contributed by atoms with E-state index in [9.17, 15) is 0 Å². The van der Waals surface area contributed by atoms with Crippen LogP contribution in [0.25, 0.3) is 0 Å². The van der Waals surface area contributed by atoms with Crippen LogP contribution in [0.5, 0.6) is 0 Å². The standard InChI is InChI=1S/C14H23N3.BrH/c1-17-12(8-16-13(17)15)14-5-9-2-10(6-14)4-11(3-9)7-14;/h9-12H,2-8H2,1H3,(H2,15,16);1H. The third-order valence-electron chi connectivity index (χ3n) is 6.05. The zero-order valence-corrected chi connectivity index (χ0v) is 12.9. The normalized spacial score (nSPS) is 49.2. The molecular weight excluding hydrogens is 290 g/mol. The van der Waals surface area contributed by atoms with Crippen LogP contribution in [0.1, 0.15) is 38.5 Å². The zero-order valence-electron chi connectivity index (χ0n) is 11.1. The Morgan fingerprint density at radius 2 is 1.61 bits per heavy atom. The third-order valence-corrected chi connectivity index (χ3v) is 6.05. The highest BCUT2D eigenvalue weighted by Crippen LogP contribution is 2.62. The first-order chi connectivity index (χ1) is 8.16. The second-order valence-electron chi connectivity index (χ2n) is 7.11. The number of hydrogen-bond donors (Lipinski definition) is 1. The van der Waals surface area contributed by atoms with Crippen molar-refractivity contribution in [3.8, 4) is 0 Å². The van der Waals surface area contributed by atoms with E-state index in [1.807, 2.05) is 0 Å². The Kier molecular flexibility index (Phi) is 2.92. The van der Waals surface area contributed by atoms with Crippen molar-refractivity contribution in [3.05, 3.63) is 0 Å². The molecule has 0 radical (unpaired) electrons. The monoisotopic (exact) mass is 313 g/mol. The molecule has 5 rings (SSSR count). The van der Waals surface area contributed by atoms with Gasteiger partial charge in [0, 0.05) is 7.05 Å². The Bertz CT molecular complexity index is 344. The molecule has 4 bridgehead atoms. The van der Waals surface area contributed by atoms with Crippen LogP contribution >= 0.6 is 17.0 Å². The zero-order chi connectivity index (χ0) is 11.6. The predicted octanol–water partition coefficient (Wildman–Crippen LogP) is 2.41. The van der Waals surface area contributed by atoms with Crippen LogP contribution in [0.2, 0.25) is 0 Å².